The number of carbonyl (C=O) groups is 1. The molecule has 4 rings (SSSR count). The van der Waals surface area contributed by atoms with Gasteiger partial charge in [0, 0.05) is 24.0 Å². The average molecular weight is 431 g/mol. The van der Waals surface area contributed by atoms with Crippen molar-refractivity contribution in [3.05, 3.63) is 93.1 Å². The average Bonchev–Trinajstić information content (AvgIpc) is 2.79. The highest BCUT2D eigenvalue weighted by molar-refractivity contribution is 6.09. The molecule has 168 valence electrons. The van der Waals surface area contributed by atoms with Crippen LogP contribution >= 0.6 is 0 Å². The van der Waals surface area contributed by atoms with Gasteiger partial charge in [0.1, 0.15) is 0 Å². The van der Waals surface area contributed by atoms with Gasteiger partial charge in [-0.05, 0) is 64.5 Å². The van der Waals surface area contributed by atoms with Gasteiger partial charge in [0.15, 0.2) is 5.78 Å². The Hall–Kier alpha value is -2.49. The lowest BCUT2D eigenvalue weighted by Gasteiger charge is -2.34. The third-order valence-electron chi connectivity index (χ3n) is 7.77. The summed E-state index contributed by atoms with van der Waals surface area (Å²) in [4.78, 5) is 13.0. The highest BCUT2D eigenvalue weighted by atomic mass is 16.3. The molecule has 0 aromatic heterocycles. The molecule has 0 saturated heterocycles. The summed E-state index contributed by atoms with van der Waals surface area (Å²) in [5, 5.41) is 22.3. The highest BCUT2D eigenvalue weighted by Crippen LogP contribution is 2.41. The molecule has 0 bridgehead atoms. The van der Waals surface area contributed by atoms with E-state index in [1.165, 1.54) is 22.3 Å². The fourth-order valence-electron chi connectivity index (χ4n) is 5.09. The molecule has 3 nitrogen and oxygen atoms in total. The molecule has 0 radical (unpaired) electrons. The van der Waals surface area contributed by atoms with Crippen LogP contribution in [-0.2, 0) is 11.2 Å². The Balaban J connectivity index is 1.50. The Morgan fingerprint density at radius 2 is 0.969 bits per heavy atom. The van der Waals surface area contributed by atoms with E-state index < -0.39 is 11.2 Å². The first-order valence-electron chi connectivity index (χ1n) is 11.6. The molecule has 0 fully saturated rings. The lowest BCUT2D eigenvalue weighted by molar-refractivity contribution is 0.0221. The summed E-state index contributed by atoms with van der Waals surface area (Å²) >= 11 is 0. The lowest BCUT2D eigenvalue weighted by Crippen LogP contribution is -2.29. The normalized spacial score (nSPS) is 26.4. The fraction of sp³-hybridized carbons (Fsp3) is 0.414. The van der Waals surface area contributed by atoms with Crippen molar-refractivity contribution in [2.45, 2.75) is 77.4 Å². The minimum atomic E-state index is -0.854. The van der Waals surface area contributed by atoms with Gasteiger partial charge in [-0.1, -0.05) is 70.8 Å². The van der Waals surface area contributed by atoms with Gasteiger partial charge in [0.2, 0.25) is 0 Å². The van der Waals surface area contributed by atoms with Crippen LogP contribution in [0.1, 0.15) is 93.3 Å². The van der Waals surface area contributed by atoms with Crippen LogP contribution < -0.4 is 0 Å². The quantitative estimate of drug-likeness (QED) is 0.440. The second-order valence-electron chi connectivity index (χ2n) is 10.0. The summed E-state index contributed by atoms with van der Waals surface area (Å²) in [6.45, 7) is 8.44. The molecule has 3 heteroatoms. The topological polar surface area (TPSA) is 57.5 Å². The van der Waals surface area contributed by atoms with Crippen LogP contribution in [0.25, 0.3) is 0 Å². The number of ketones is 1. The monoisotopic (exact) mass is 430 g/mol. The van der Waals surface area contributed by atoms with Crippen LogP contribution in [0.3, 0.4) is 0 Å². The van der Waals surface area contributed by atoms with Crippen molar-refractivity contribution >= 4 is 5.78 Å². The van der Waals surface area contributed by atoms with E-state index >= 15 is 0 Å². The Bertz CT molecular complexity index is 1000. The second kappa shape index (κ2) is 8.46. The van der Waals surface area contributed by atoms with Crippen LogP contribution in [0.2, 0.25) is 0 Å². The largest absolute Gasteiger partial charge is 0.385 e. The summed E-state index contributed by atoms with van der Waals surface area (Å²) in [6, 6.07) is 14.8. The van der Waals surface area contributed by atoms with E-state index in [1.807, 2.05) is 48.5 Å². The number of hydrogen-bond acceptors (Lipinski definition) is 3. The van der Waals surface area contributed by atoms with Gasteiger partial charge >= 0.3 is 0 Å². The minimum Gasteiger partial charge on any atom is -0.385 e. The van der Waals surface area contributed by atoms with Crippen molar-refractivity contribution in [1.82, 2.24) is 0 Å². The predicted molar refractivity (Wildman–Crippen MR) is 129 cm³/mol. The van der Waals surface area contributed by atoms with E-state index in [-0.39, 0.29) is 5.78 Å². The van der Waals surface area contributed by atoms with E-state index in [1.54, 1.807) is 0 Å². The minimum absolute atomic E-state index is 0.0480. The molecule has 2 atom stereocenters. The van der Waals surface area contributed by atoms with Gasteiger partial charge in [0.05, 0.1) is 11.2 Å². The predicted octanol–water partition coefficient (Wildman–Crippen LogP) is 6.33. The SMILES string of the molecule is CC1=C(C)CC(O)(c2ccc(C(=O)c3ccc(C4(O)CCC(C)=C(C)C4)cc3)cc2)CC1. The molecule has 2 aliphatic carbocycles. The van der Waals surface area contributed by atoms with Crippen molar-refractivity contribution < 1.29 is 15.0 Å². The zero-order valence-corrected chi connectivity index (χ0v) is 19.7. The number of allylic oxidation sites excluding steroid dienone is 2. The third kappa shape index (κ3) is 4.24. The van der Waals surface area contributed by atoms with Crippen LogP contribution in [-0.4, -0.2) is 16.0 Å². The summed E-state index contributed by atoms with van der Waals surface area (Å²) in [5.41, 5.74) is 6.47. The molecule has 0 amide bonds. The molecular weight excluding hydrogens is 396 g/mol. The molecule has 2 aromatic rings. The summed E-state index contributed by atoms with van der Waals surface area (Å²) in [7, 11) is 0. The van der Waals surface area contributed by atoms with Crippen LogP contribution in [0.4, 0.5) is 0 Å². The molecule has 32 heavy (non-hydrogen) atoms. The number of carbonyl (C=O) groups excluding carboxylic acids is 1. The molecule has 0 aliphatic heterocycles. The highest BCUT2D eigenvalue weighted by Gasteiger charge is 2.34. The smallest absolute Gasteiger partial charge is 0.193 e. The van der Waals surface area contributed by atoms with E-state index in [0.29, 0.717) is 36.8 Å². The van der Waals surface area contributed by atoms with Gasteiger partial charge in [-0.25, -0.2) is 0 Å². The van der Waals surface area contributed by atoms with Crippen LogP contribution in [0.15, 0.2) is 70.8 Å². The van der Waals surface area contributed by atoms with Gasteiger partial charge in [-0.3, -0.25) is 4.79 Å². The van der Waals surface area contributed by atoms with Crippen molar-refractivity contribution in [1.29, 1.82) is 0 Å². The van der Waals surface area contributed by atoms with Crippen molar-refractivity contribution in [2.24, 2.45) is 0 Å². The molecule has 2 aliphatic rings. The van der Waals surface area contributed by atoms with Gasteiger partial charge in [0.25, 0.3) is 0 Å². The van der Waals surface area contributed by atoms with E-state index in [0.717, 1.165) is 24.0 Å². The Morgan fingerprint density at radius 3 is 1.28 bits per heavy atom. The maximum atomic E-state index is 13.0. The first kappa shape index (κ1) is 22.7. The number of benzene rings is 2. The lowest BCUT2D eigenvalue weighted by atomic mass is 9.76. The van der Waals surface area contributed by atoms with E-state index in [9.17, 15) is 15.0 Å². The molecule has 0 heterocycles. The molecule has 0 spiro atoms. The molecule has 2 N–H and O–H groups in total. The van der Waals surface area contributed by atoms with Gasteiger partial charge in [-0.2, -0.15) is 0 Å². The zero-order chi connectivity index (χ0) is 23.1. The molecule has 2 unspecified atom stereocenters. The first-order valence-corrected chi connectivity index (χ1v) is 11.6. The Morgan fingerprint density at radius 1 is 0.625 bits per heavy atom. The van der Waals surface area contributed by atoms with Crippen molar-refractivity contribution in [2.75, 3.05) is 0 Å². The van der Waals surface area contributed by atoms with Crippen LogP contribution in [0.5, 0.6) is 0 Å². The summed E-state index contributed by atoms with van der Waals surface area (Å²) in [6.07, 6.45) is 4.51. The maximum Gasteiger partial charge on any atom is 0.193 e. The molecule has 2 aromatic carbocycles. The second-order valence-corrected chi connectivity index (χ2v) is 10.0. The Labute approximate surface area is 191 Å². The van der Waals surface area contributed by atoms with E-state index in [4.69, 9.17) is 0 Å². The number of hydrogen-bond donors (Lipinski definition) is 2. The van der Waals surface area contributed by atoms with E-state index in [2.05, 4.69) is 27.7 Å². The number of rotatable bonds is 4. The first-order chi connectivity index (χ1) is 15.1. The Kier molecular flexibility index (Phi) is 6.00. The zero-order valence-electron chi connectivity index (χ0n) is 19.7. The standard InChI is InChI=1S/C29H34O3/c1-19-13-15-28(31,17-21(19)3)25-9-5-23(6-10-25)27(30)24-7-11-26(12-8-24)29(32)16-14-20(2)22(4)18-29/h5-12,31-32H,13-18H2,1-4H3. The van der Waals surface area contributed by atoms with Gasteiger partial charge < -0.3 is 10.2 Å². The van der Waals surface area contributed by atoms with Crippen molar-refractivity contribution in [3.63, 3.8) is 0 Å². The summed E-state index contributed by atoms with van der Waals surface area (Å²) < 4.78 is 0. The van der Waals surface area contributed by atoms with Crippen molar-refractivity contribution in [3.8, 4) is 0 Å². The summed E-state index contributed by atoms with van der Waals surface area (Å²) in [5.74, 6) is -0.0480. The molecule has 0 saturated carbocycles. The number of aliphatic hydroxyl groups is 2. The maximum absolute atomic E-state index is 13.0. The van der Waals surface area contributed by atoms with Crippen LogP contribution in [0, 0.1) is 0 Å². The van der Waals surface area contributed by atoms with Gasteiger partial charge in [-0.15, -0.1) is 0 Å². The molecular formula is C29H34O3. The fourth-order valence-corrected chi connectivity index (χ4v) is 5.09. The third-order valence-corrected chi connectivity index (χ3v) is 7.77.